The fraction of sp³-hybridized carbons (Fsp3) is 0.125. The van der Waals surface area contributed by atoms with Crippen molar-refractivity contribution in [2.45, 2.75) is 6.61 Å². The lowest BCUT2D eigenvalue weighted by Crippen LogP contribution is -1.87. The summed E-state index contributed by atoms with van der Waals surface area (Å²) in [5.41, 5.74) is 1.25. The lowest BCUT2D eigenvalue weighted by molar-refractivity contribution is 0.278. The molecule has 5 heteroatoms. The quantitative estimate of drug-likeness (QED) is 0.652. The molecule has 0 aliphatic rings. The molecule has 2 N–H and O–H groups in total. The van der Waals surface area contributed by atoms with E-state index in [-0.39, 0.29) is 12.4 Å². The molecule has 2 aromatic rings. The van der Waals surface area contributed by atoms with Crippen LogP contribution in [0, 0.1) is 11.3 Å². The molecule has 0 unspecified atom stereocenters. The van der Waals surface area contributed by atoms with Crippen molar-refractivity contribution in [3.63, 3.8) is 0 Å². The minimum absolute atomic E-state index is 0.0712. The first kappa shape index (κ1) is 7.71. The van der Waals surface area contributed by atoms with Gasteiger partial charge in [-0.2, -0.15) is 5.26 Å². The summed E-state index contributed by atoms with van der Waals surface area (Å²) in [6, 6.07) is 3.59. The van der Waals surface area contributed by atoms with E-state index in [1.807, 2.05) is 6.07 Å². The average Bonchev–Trinajstić information content (AvgIpc) is 2.58. The summed E-state index contributed by atoms with van der Waals surface area (Å²) in [7, 11) is 0. The number of nitriles is 1. The van der Waals surface area contributed by atoms with Gasteiger partial charge in [-0.15, -0.1) is 0 Å². The van der Waals surface area contributed by atoms with Crippen molar-refractivity contribution in [1.29, 1.82) is 5.26 Å². The molecule has 0 atom stereocenters. The van der Waals surface area contributed by atoms with E-state index in [0.717, 1.165) is 5.39 Å². The largest absolute Gasteiger partial charge is 0.390 e. The first-order valence-electron chi connectivity index (χ1n) is 3.69. The fourth-order valence-electron chi connectivity index (χ4n) is 1.11. The highest BCUT2D eigenvalue weighted by molar-refractivity contribution is 5.75. The Labute approximate surface area is 73.7 Å². The molecule has 64 valence electrons. The van der Waals surface area contributed by atoms with E-state index in [1.165, 1.54) is 0 Å². The highest BCUT2D eigenvalue weighted by Crippen LogP contribution is 2.11. The molecule has 0 radical (unpaired) electrons. The Bertz CT molecular complexity index is 482. The monoisotopic (exact) mass is 174 g/mol. The molecule has 2 heterocycles. The summed E-state index contributed by atoms with van der Waals surface area (Å²) in [5.74, 6) is 0.124. The smallest absolute Gasteiger partial charge is 0.234 e. The summed E-state index contributed by atoms with van der Waals surface area (Å²) in [6.07, 6.45) is 1.55. The minimum atomic E-state index is -0.0712. The van der Waals surface area contributed by atoms with E-state index < -0.39 is 0 Å². The van der Waals surface area contributed by atoms with Gasteiger partial charge in [0.1, 0.15) is 11.7 Å². The normalized spacial score (nSPS) is 10.2. The maximum atomic E-state index is 8.82. The van der Waals surface area contributed by atoms with E-state index in [1.54, 1.807) is 12.3 Å². The summed E-state index contributed by atoms with van der Waals surface area (Å²) in [5, 5.41) is 18.1. The van der Waals surface area contributed by atoms with Crippen LogP contribution >= 0.6 is 0 Å². The van der Waals surface area contributed by atoms with Gasteiger partial charge in [0, 0.05) is 17.3 Å². The fourth-order valence-corrected chi connectivity index (χ4v) is 1.11. The molecule has 13 heavy (non-hydrogen) atoms. The second-order valence-corrected chi connectivity index (χ2v) is 2.56. The van der Waals surface area contributed by atoms with Crippen molar-refractivity contribution < 1.29 is 5.11 Å². The molecule has 0 aromatic carbocycles. The van der Waals surface area contributed by atoms with Crippen molar-refractivity contribution in [2.75, 3.05) is 0 Å². The van der Waals surface area contributed by atoms with Crippen LogP contribution in [0.3, 0.4) is 0 Å². The van der Waals surface area contributed by atoms with Crippen molar-refractivity contribution in [3.8, 4) is 6.07 Å². The van der Waals surface area contributed by atoms with Crippen LogP contribution in [0.25, 0.3) is 11.0 Å². The second-order valence-electron chi connectivity index (χ2n) is 2.56. The van der Waals surface area contributed by atoms with Gasteiger partial charge in [0.25, 0.3) is 0 Å². The van der Waals surface area contributed by atoms with Gasteiger partial charge in [0.05, 0.1) is 6.61 Å². The van der Waals surface area contributed by atoms with Crippen LogP contribution in [0.2, 0.25) is 0 Å². The van der Waals surface area contributed by atoms with Gasteiger partial charge in [-0.05, 0) is 6.07 Å². The molecule has 0 spiro atoms. The SMILES string of the molecule is N#Cc1ncc2cc(CO)[nH]c2n1. The predicted octanol–water partition coefficient (Wildman–Crippen LogP) is 0.322. The third-order valence-electron chi connectivity index (χ3n) is 1.70. The van der Waals surface area contributed by atoms with E-state index in [4.69, 9.17) is 10.4 Å². The molecular weight excluding hydrogens is 168 g/mol. The van der Waals surface area contributed by atoms with Gasteiger partial charge in [-0.1, -0.05) is 0 Å². The third kappa shape index (κ3) is 1.23. The number of H-pyrrole nitrogens is 1. The number of aromatic amines is 1. The number of fused-ring (bicyclic) bond motifs is 1. The Balaban J connectivity index is 2.65. The molecule has 0 aliphatic heterocycles. The Morgan fingerprint density at radius 1 is 1.62 bits per heavy atom. The number of nitrogens with one attached hydrogen (secondary N) is 1. The molecular formula is C8H6N4O. The van der Waals surface area contributed by atoms with Gasteiger partial charge in [0.2, 0.25) is 5.82 Å². The topological polar surface area (TPSA) is 85.6 Å². The van der Waals surface area contributed by atoms with Crippen LogP contribution in [0.4, 0.5) is 0 Å². The summed E-state index contributed by atoms with van der Waals surface area (Å²) in [6.45, 7) is -0.0712. The number of aromatic nitrogens is 3. The standard InChI is InChI=1S/C8H6N4O/c9-2-7-10-3-5-1-6(4-13)11-8(5)12-7/h1,3,13H,4H2,(H,10,11,12). The zero-order valence-corrected chi connectivity index (χ0v) is 6.65. The van der Waals surface area contributed by atoms with Crippen molar-refractivity contribution >= 4 is 11.0 Å². The van der Waals surface area contributed by atoms with Gasteiger partial charge in [0.15, 0.2) is 0 Å². The number of nitrogens with zero attached hydrogens (tertiary/aromatic N) is 3. The molecule has 0 amide bonds. The molecule has 0 saturated heterocycles. The summed E-state index contributed by atoms with van der Waals surface area (Å²) in [4.78, 5) is 10.6. The molecule has 0 bridgehead atoms. The van der Waals surface area contributed by atoms with Gasteiger partial charge in [-0.25, -0.2) is 9.97 Å². The predicted molar refractivity (Wildman–Crippen MR) is 44.5 cm³/mol. The molecule has 5 nitrogen and oxygen atoms in total. The summed E-state index contributed by atoms with van der Waals surface area (Å²) >= 11 is 0. The van der Waals surface area contributed by atoms with Gasteiger partial charge >= 0.3 is 0 Å². The first-order chi connectivity index (χ1) is 6.33. The zero-order valence-electron chi connectivity index (χ0n) is 6.65. The van der Waals surface area contributed by atoms with Crippen LogP contribution in [0.5, 0.6) is 0 Å². The Morgan fingerprint density at radius 2 is 2.46 bits per heavy atom. The number of hydrogen-bond donors (Lipinski definition) is 2. The lowest BCUT2D eigenvalue weighted by Gasteiger charge is -1.87. The Morgan fingerprint density at radius 3 is 3.15 bits per heavy atom. The molecule has 2 rings (SSSR count). The second kappa shape index (κ2) is 2.84. The van der Waals surface area contributed by atoms with E-state index in [9.17, 15) is 0 Å². The van der Waals surface area contributed by atoms with Crippen LogP contribution in [0.1, 0.15) is 11.5 Å². The lowest BCUT2D eigenvalue weighted by atomic mass is 10.4. The molecule has 0 fully saturated rings. The average molecular weight is 174 g/mol. The van der Waals surface area contributed by atoms with Gasteiger partial charge in [-0.3, -0.25) is 0 Å². The maximum absolute atomic E-state index is 8.82. The van der Waals surface area contributed by atoms with Crippen molar-refractivity contribution in [3.05, 3.63) is 23.8 Å². The first-order valence-corrected chi connectivity index (χ1v) is 3.69. The third-order valence-corrected chi connectivity index (χ3v) is 1.70. The molecule has 0 saturated carbocycles. The highest BCUT2D eigenvalue weighted by atomic mass is 16.3. The maximum Gasteiger partial charge on any atom is 0.234 e. The van der Waals surface area contributed by atoms with E-state index >= 15 is 0 Å². The Kier molecular flexibility index (Phi) is 1.69. The van der Waals surface area contributed by atoms with Crippen LogP contribution in [-0.2, 0) is 6.61 Å². The molecule has 0 aliphatic carbocycles. The van der Waals surface area contributed by atoms with Crippen molar-refractivity contribution in [2.24, 2.45) is 0 Å². The summed E-state index contributed by atoms with van der Waals surface area (Å²) < 4.78 is 0. The zero-order chi connectivity index (χ0) is 9.26. The number of aliphatic hydroxyl groups excluding tert-OH is 1. The Hall–Kier alpha value is -1.93. The van der Waals surface area contributed by atoms with Gasteiger partial charge < -0.3 is 10.1 Å². The highest BCUT2D eigenvalue weighted by Gasteiger charge is 2.02. The van der Waals surface area contributed by atoms with Crippen LogP contribution in [0.15, 0.2) is 12.3 Å². The number of rotatable bonds is 1. The van der Waals surface area contributed by atoms with E-state index in [2.05, 4.69) is 15.0 Å². The number of hydrogen-bond acceptors (Lipinski definition) is 4. The minimum Gasteiger partial charge on any atom is -0.390 e. The molecule has 2 aromatic heterocycles. The van der Waals surface area contributed by atoms with E-state index in [0.29, 0.717) is 11.3 Å². The van der Waals surface area contributed by atoms with Crippen LogP contribution < -0.4 is 0 Å². The van der Waals surface area contributed by atoms with Crippen LogP contribution in [-0.4, -0.2) is 20.1 Å². The van der Waals surface area contributed by atoms with Crippen molar-refractivity contribution in [1.82, 2.24) is 15.0 Å². The number of aliphatic hydroxyl groups is 1.